The molecule has 2 aromatic heterocycles. The summed E-state index contributed by atoms with van der Waals surface area (Å²) >= 11 is 0. The fourth-order valence-electron chi connectivity index (χ4n) is 1.60. The minimum atomic E-state index is -0.272. The van der Waals surface area contributed by atoms with Crippen molar-refractivity contribution in [3.05, 3.63) is 52.9 Å². The first-order valence-electron chi connectivity index (χ1n) is 4.86. The van der Waals surface area contributed by atoms with Crippen molar-refractivity contribution in [2.75, 3.05) is 0 Å². The van der Waals surface area contributed by atoms with E-state index in [0.717, 1.165) is 0 Å². The number of aromatic nitrogens is 3. The predicted molar refractivity (Wildman–Crippen MR) is 75.6 cm³/mol. The van der Waals surface area contributed by atoms with Gasteiger partial charge in [-0.05, 0) is 24.3 Å². The monoisotopic (exact) mass is 281 g/mol. The van der Waals surface area contributed by atoms with Crippen LogP contribution in [0.5, 0.6) is 0 Å². The Kier molecular flexibility index (Phi) is 4.53. The first-order valence-corrected chi connectivity index (χ1v) is 4.86. The van der Waals surface area contributed by atoms with Crippen molar-refractivity contribution in [3.8, 4) is 0 Å². The molecule has 3 aromatic rings. The first-order chi connectivity index (χ1) is 7.84. The SMILES string of the molecule is Cl.Cl.O=c1nc2cccnc2nc2ccccc12. The van der Waals surface area contributed by atoms with Gasteiger partial charge in [0.05, 0.1) is 10.9 Å². The van der Waals surface area contributed by atoms with Crippen LogP contribution in [0.4, 0.5) is 0 Å². The van der Waals surface area contributed by atoms with E-state index in [1.54, 1.807) is 36.5 Å². The maximum absolute atomic E-state index is 11.8. The molecule has 0 amide bonds. The molecule has 6 heteroatoms. The molecule has 0 atom stereocenters. The second-order valence-corrected chi connectivity index (χ2v) is 3.39. The number of para-hydroxylation sites is 1. The van der Waals surface area contributed by atoms with Crippen LogP contribution in [-0.4, -0.2) is 15.0 Å². The Morgan fingerprint density at radius 3 is 2.39 bits per heavy atom. The molecule has 0 unspecified atom stereocenters. The highest BCUT2D eigenvalue weighted by atomic mass is 35.5. The highest BCUT2D eigenvalue weighted by molar-refractivity contribution is 5.85. The molecule has 0 spiro atoms. The number of rotatable bonds is 0. The molecule has 0 aliphatic rings. The Bertz CT molecular complexity index is 749. The second-order valence-electron chi connectivity index (χ2n) is 3.39. The summed E-state index contributed by atoms with van der Waals surface area (Å²) in [6, 6.07) is 10.6. The van der Waals surface area contributed by atoms with Gasteiger partial charge < -0.3 is 0 Å². The van der Waals surface area contributed by atoms with Crippen LogP contribution in [0.1, 0.15) is 0 Å². The Labute approximate surface area is 115 Å². The normalized spacial score (nSPS) is 9.56. The molecule has 4 nitrogen and oxygen atoms in total. The molecular formula is C12H9Cl2N3O. The van der Waals surface area contributed by atoms with Crippen molar-refractivity contribution in [1.82, 2.24) is 15.0 Å². The molecule has 2 heterocycles. The van der Waals surface area contributed by atoms with E-state index >= 15 is 0 Å². The topological polar surface area (TPSA) is 55.7 Å². The van der Waals surface area contributed by atoms with E-state index in [9.17, 15) is 4.79 Å². The van der Waals surface area contributed by atoms with Gasteiger partial charge >= 0.3 is 0 Å². The maximum atomic E-state index is 11.8. The predicted octanol–water partition coefficient (Wildman–Crippen LogP) is 2.38. The summed E-state index contributed by atoms with van der Waals surface area (Å²) in [4.78, 5) is 24.2. The van der Waals surface area contributed by atoms with Crippen LogP contribution in [0.2, 0.25) is 0 Å². The first kappa shape index (κ1) is 14.3. The van der Waals surface area contributed by atoms with Gasteiger partial charge in [0.1, 0.15) is 5.52 Å². The van der Waals surface area contributed by atoms with Gasteiger partial charge in [-0.25, -0.2) is 15.0 Å². The summed E-state index contributed by atoms with van der Waals surface area (Å²) in [7, 11) is 0. The molecule has 0 radical (unpaired) electrons. The summed E-state index contributed by atoms with van der Waals surface area (Å²) < 4.78 is 0. The van der Waals surface area contributed by atoms with E-state index in [2.05, 4.69) is 15.0 Å². The Morgan fingerprint density at radius 2 is 1.56 bits per heavy atom. The van der Waals surface area contributed by atoms with Gasteiger partial charge in [-0.2, -0.15) is 0 Å². The van der Waals surface area contributed by atoms with E-state index in [1.165, 1.54) is 0 Å². The number of fused-ring (bicyclic) bond motifs is 2. The van der Waals surface area contributed by atoms with E-state index < -0.39 is 0 Å². The van der Waals surface area contributed by atoms with Gasteiger partial charge in [-0.3, -0.25) is 4.79 Å². The maximum Gasteiger partial charge on any atom is 0.279 e. The Morgan fingerprint density at radius 1 is 0.833 bits per heavy atom. The Hall–Kier alpha value is -1.78. The molecule has 0 fully saturated rings. The van der Waals surface area contributed by atoms with E-state index in [4.69, 9.17) is 0 Å². The molecule has 1 aromatic carbocycles. The number of hydrogen-bond donors (Lipinski definition) is 0. The summed E-state index contributed by atoms with van der Waals surface area (Å²) in [5.41, 5.74) is 1.35. The highest BCUT2D eigenvalue weighted by Gasteiger charge is 2.01. The third-order valence-electron chi connectivity index (χ3n) is 2.35. The summed E-state index contributed by atoms with van der Waals surface area (Å²) in [6.07, 6.45) is 1.64. The van der Waals surface area contributed by atoms with Crippen molar-refractivity contribution in [2.45, 2.75) is 0 Å². The largest absolute Gasteiger partial charge is 0.279 e. The lowest BCUT2D eigenvalue weighted by Crippen LogP contribution is -2.01. The lowest BCUT2D eigenvalue weighted by atomic mass is 10.2. The van der Waals surface area contributed by atoms with Crippen LogP contribution in [-0.2, 0) is 0 Å². The van der Waals surface area contributed by atoms with E-state index in [-0.39, 0.29) is 30.4 Å². The molecule has 0 N–H and O–H groups in total. The molecule has 0 saturated carbocycles. The summed E-state index contributed by atoms with van der Waals surface area (Å²) in [5.74, 6) is 0. The summed E-state index contributed by atoms with van der Waals surface area (Å²) in [6.45, 7) is 0. The molecule has 0 bridgehead atoms. The average molecular weight is 282 g/mol. The van der Waals surface area contributed by atoms with E-state index in [0.29, 0.717) is 22.1 Å². The molecule has 92 valence electrons. The number of benzene rings is 1. The number of pyridine rings is 1. The van der Waals surface area contributed by atoms with Crippen molar-refractivity contribution in [3.63, 3.8) is 0 Å². The zero-order valence-corrected chi connectivity index (χ0v) is 10.7. The lowest BCUT2D eigenvalue weighted by Gasteiger charge is -1.87. The van der Waals surface area contributed by atoms with Crippen molar-refractivity contribution >= 4 is 46.9 Å². The standard InChI is InChI=1S/C12H7N3O.2ClH/c16-12-8-4-1-2-5-9(8)14-11-10(15-12)6-3-7-13-11;;/h1-7H;2*1H. The quantitative estimate of drug-likeness (QED) is 0.635. The van der Waals surface area contributed by atoms with Crippen LogP contribution < -0.4 is 5.56 Å². The third kappa shape index (κ3) is 2.39. The van der Waals surface area contributed by atoms with Gasteiger partial charge in [-0.1, -0.05) is 12.1 Å². The van der Waals surface area contributed by atoms with Gasteiger partial charge in [0.25, 0.3) is 5.56 Å². The number of nitrogens with zero attached hydrogens (tertiary/aromatic N) is 3. The van der Waals surface area contributed by atoms with Gasteiger partial charge in [0.15, 0.2) is 5.65 Å². The third-order valence-corrected chi connectivity index (χ3v) is 2.35. The molecule has 0 saturated heterocycles. The fourth-order valence-corrected chi connectivity index (χ4v) is 1.60. The molecular weight excluding hydrogens is 273 g/mol. The second kappa shape index (κ2) is 5.71. The highest BCUT2D eigenvalue weighted by Crippen LogP contribution is 2.08. The Balaban J connectivity index is 0.000000810. The van der Waals surface area contributed by atoms with Gasteiger partial charge in [-0.15, -0.1) is 24.8 Å². The van der Waals surface area contributed by atoms with E-state index in [1.807, 2.05) is 6.07 Å². The molecule has 0 aliphatic heterocycles. The van der Waals surface area contributed by atoms with Crippen LogP contribution in [0.3, 0.4) is 0 Å². The minimum absolute atomic E-state index is 0. The van der Waals surface area contributed by atoms with Crippen molar-refractivity contribution < 1.29 is 0 Å². The molecule has 18 heavy (non-hydrogen) atoms. The zero-order valence-electron chi connectivity index (χ0n) is 9.11. The minimum Gasteiger partial charge on any atom is -0.267 e. The molecule has 3 rings (SSSR count). The smallest absolute Gasteiger partial charge is 0.267 e. The lowest BCUT2D eigenvalue weighted by molar-refractivity contribution is 1.29. The zero-order chi connectivity index (χ0) is 11.0. The van der Waals surface area contributed by atoms with Crippen molar-refractivity contribution in [2.24, 2.45) is 0 Å². The van der Waals surface area contributed by atoms with Crippen LogP contribution in [0, 0.1) is 0 Å². The van der Waals surface area contributed by atoms with Gasteiger partial charge in [0.2, 0.25) is 0 Å². The van der Waals surface area contributed by atoms with Gasteiger partial charge in [0, 0.05) is 6.20 Å². The van der Waals surface area contributed by atoms with Crippen LogP contribution in [0.25, 0.3) is 22.1 Å². The number of hydrogen-bond acceptors (Lipinski definition) is 4. The molecule has 0 aliphatic carbocycles. The van der Waals surface area contributed by atoms with Crippen molar-refractivity contribution in [1.29, 1.82) is 0 Å². The van der Waals surface area contributed by atoms with Crippen LogP contribution >= 0.6 is 24.8 Å². The van der Waals surface area contributed by atoms with Crippen LogP contribution in [0.15, 0.2) is 47.4 Å². The number of halogens is 2. The summed E-state index contributed by atoms with van der Waals surface area (Å²) in [5, 5.41) is 0.514. The fraction of sp³-hybridized carbons (Fsp3) is 0. The average Bonchev–Trinajstić information content (AvgIpc) is 2.45.